The number of aliphatic hydroxyl groups is 1. The first-order valence-electron chi connectivity index (χ1n) is 8.11. The van der Waals surface area contributed by atoms with E-state index in [2.05, 4.69) is 10.2 Å². The van der Waals surface area contributed by atoms with E-state index in [9.17, 15) is 9.90 Å². The Hall–Kier alpha value is -1.41. The second-order valence-corrected chi connectivity index (χ2v) is 6.65. The highest BCUT2D eigenvalue weighted by atomic mass is 16.6. The highest BCUT2D eigenvalue weighted by Crippen LogP contribution is 2.31. The molecule has 7 nitrogen and oxygen atoms in total. The predicted octanol–water partition coefficient (Wildman–Crippen LogP) is 1.24. The van der Waals surface area contributed by atoms with E-state index in [1.165, 1.54) is 7.11 Å². The molecule has 0 radical (unpaired) electrons. The van der Waals surface area contributed by atoms with Crippen molar-refractivity contribution in [2.45, 2.75) is 44.4 Å². The Morgan fingerprint density at radius 2 is 2.12 bits per heavy atom. The molecule has 0 aromatic rings. The van der Waals surface area contributed by atoms with E-state index in [-0.39, 0.29) is 18.6 Å². The zero-order valence-corrected chi connectivity index (χ0v) is 15.0. The fourth-order valence-electron chi connectivity index (χ4n) is 3.49. The number of allylic oxidation sites excluding steroid dienone is 2. The second-order valence-electron chi connectivity index (χ2n) is 6.65. The number of methoxy groups -OCH3 is 2. The fourth-order valence-corrected chi connectivity index (χ4v) is 3.49. The third-order valence-electron chi connectivity index (χ3n) is 4.69. The van der Waals surface area contributed by atoms with Gasteiger partial charge in [0, 0.05) is 33.1 Å². The number of rotatable bonds is 2. The van der Waals surface area contributed by atoms with Crippen LogP contribution < -0.4 is 5.32 Å². The molecule has 1 amide bonds. The van der Waals surface area contributed by atoms with Crippen LogP contribution in [0.2, 0.25) is 0 Å². The van der Waals surface area contributed by atoms with Crippen LogP contribution in [0, 0.1) is 5.92 Å². The summed E-state index contributed by atoms with van der Waals surface area (Å²) < 4.78 is 16.5. The van der Waals surface area contributed by atoms with Crippen molar-refractivity contribution < 1.29 is 24.1 Å². The van der Waals surface area contributed by atoms with E-state index in [0.717, 1.165) is 5.57 Å². The molecule has 5 atom stereocenters. The van der Waals surface area contributed by atoms with Gasteiger partial charge in [-0.2, -0.15) is 0 Å². The minimum Gasteiger partial charge on any atom is -0.446 e. The molecule has 0 aromatic carbocycles. The lowest BCUT2D eigenvalue weighted by molar-refractivity contribution is -0.160. The predicted molar refractivity (Wildman–Crippen MR) is 89.3 cm³/mol. The summed E-state index contributed by atoms with van der Waals surface area (Å²) in [6.45, 7) is 4.70. The standard InChI is InChI=1S/C17H28N2O5/c1-11-7-6-8-14(22-4)17(21)9-13(24-16(20)18-17)12(2)15(23-5)19(3)10-11/h6-8,12-15,21H,9-10H2,1-5H3,(H,18,20)/b8-6+,11-7+/t12-,13+,14-,15+,17+/m1/s1. The van der Waals surface area contributed by atoms with E-state index in [0.29, 0.717) is 6.54 Å². The summed E-state index contributed by atoms with van der Waals surface area (Å²) in [6.07, 6.45) is 3.66. The molecule has 2 aliphatic rings. The van der Waals surface area contributed by atoms with Crippen molar-refractivity contribution in [2.24, 2.45) is 5.92 Å². The van der Waals surface area contributed by atoms with Crippen LogP contribution >= 0.6 is 0 Å². The van der Waals surface area contributed by atoms with E-state index in [4.69, 9.17) is 14.2 Å². The quantitative estimate of drug-likeness (QED) is 0.787. The van der Waals surface area contributed by atoms with Crippen LogP contribution in [0.3, 0.4) is 0 Å². The van der Waals surface area contributed by atoms with Gasteiger partial charge in [-0.1, -0.05) is 30.7 Å². The summed E-state index contributed by atoms with van der Waals surface area (Å²) >= 11 is 0. The number of carbonyl (C=O) groups is 1. The summed E-state index contributed by atoms with van der Waals surface area (Å²) in [4.78, 5) is 14.1. The van der Waals surface area contributed by atoms with E-state index in [1.807, 2.05) is 33.0 Å². The average molecular weight is 340 g/mol. The molecule has 136 valence electrons. The fraction of sp³-hybridized carbons (Fsp3) is 0.706. The average Bonchev–Trinajstić information content (AvgIpc) is 2.50. The van der Waals surface area contributed by atoms with Gasteiger partial charge in [-0.15, -0.1) is 0 Å². The minimum atomic E-state index is -1.53. The SMILES string of the molecule is CO[C@H]1[C@H](C)[C@@H]2C[C@@](O)(NC(=O)O2)[C@H](OC)/C=C/C=C(\C)CN1C. The molecular formula is C17H28N2O5. The maximum Gasteiger partial charge on any atom is 0.409 e. The van der Waals surface area contributed by atoms with Crippen molar-refractivity contribution in [3.05, 3.63) is 23.8 Å². The molecule has 2 aliphatic heterocycles. The molecule has 1 fully saturated rings. The van der Waals surface area contributed by atoms with Crippen molar-refractivity contribution in [1.82, 2.24) is 10.2 Å². The summed E-state index contributed by atoms with van der Waals surface area (Å²) in [6, 6.07) is 0. The van der Waals surface area contributed by atoms with Gasteiger partial charge in [0.25, 0.3) is 0 Å². The highest BCUT2D eigenvalue weighted by Gasteiger charge is 2.47. The number of nitrogens with one attached hydrogen (secondary N) is 1. The molecule has 0 aromatic heterocycles. The van der Waals surface area contributed by atoms with Gasteiger partial charge < -0.3 is 19.3 Å². The minimum absolute atomic E-state index is 0.133. The van der Waals surface area contributed by atoms with Gasteiger partial charge >= 0.3 is 6.09 Å². The van der Waals surface area contributed by atoms with Gasteiger partial charge in [0.15, 0.2) is 5.72 Å². The van der Waals surface area contributed by atoms with Gasteiger partial charge in [-0.25, -0.2) is 4.79 Å². The van der Waals surface area contributed by atoms with Crippen molar-refractivity contribution in [1.29, 1.82) is 0 Å². The second kappa shape index (κ2) is 7.65. The molecule has 0 aliphatic carbocycles. The van der Waals surface area contributed by atoms with Crippen molar-refractivity contribution in [3.63, 3.8) is 0 Å². The number of hydrogen-bond donors (Lipinski definition) is 2. The van der Waals surface area contributed by atoms with Crippen molar-refractivity contribution in [3.8, 4) is 0 Å². The molecule has 0 unspecified atom stereocenters. The van der Waals surface area contributed by atoms with Crippen LogP contribution in [0.4, 0.5) is 4.79 Å². The van der Waals surface area contributed by atoms with Gasteiger partial charge in [0.1, 0.15) is 18.4 Å². The van der Waals surface area contributed by atoms with E-state index in [1.54, 1.807) is 13.2 Å². The molecule has 2 N–H and O–H groups in total. The third kappa shape index (κ3) is 3.97. The van der Waals surface area contributed by atoms with Crippen LogP contribution in [0.15, 0.2) is 23.8 Å². The number of likely N-dealkylation sites (N-methyl/N-ethyl adjacent to an activating group) is 1. The zero-order chi connectivity index (χ0) is 17.9. The summed E-state index contributed by atoms with van der Waals surface area (Å²) in [5, 5.41) is 13.5. The lowest BCUT2D eigenvalue weighted by Gasteiger charge is -2.44. The normalized spacial score (nSPS) is 41.9. The Kier molecular flexibility index (Phi) is 6.03. The Balaban J connectivity index is 2.43. The van der Waals surface area contributed by atoms with E-state index >= 15 is 0 Å². The molecule has 2 heterocycles. The van der Waals surface area contributed by atoms with Gasteiger partial charge in [0.2, 0.25) is 0 Å². The van der Waals surface area contributed by atoms with Crippen LogP contribution in [-0.2, 0) is 14.2 Å². The molecule has 7 heteroatoms. The van der Waals surface area contributed by atoms with E-state index < -0.39 is 24.0 Å². The smallest absolute Gasteiger partial charge is 0.409 e. The Morgan fingerprint density at radius 3 is 2.75 bits per heavy atom. The number of nitrogens with zero attached hydrogens (tertiary/aromatic N) is 1. The molecule has 1 saturated heterocycles. The largest absolute Gasteiger partial charge is 0.446 e. The molecule has 0 saturated carbocycles. The zero-order valence-electron chi connectivity index (χ0n) is 15.0. The first kappa shape index (κ1) is 18.9. The molecule has 2 bridgehead atoms. The topological polar surface area (TPSA) is 80.3 Å². The van der Waals surface area contributed by atoms with Crippen molar-refractivity contribution in [2.75, 3.05) is 27.8 Å². The third-order valence-corrected chi connectivity index (χ3v) is 4.69. The Bertz CT molecular complexity index is 521. The van der Waals surface area contributed by atoms with Gasteiger partial charge in [0.05, 0.1) is 0 Å². The summed E-state index contributed by atoms with van der Waals surface area (Å²) in [5.74, 6) is -0.133. The monoisotopic (exact) mass is 340 g/mol. The van der Waals surface area contributed by atoms with Crippen molar-refractivity contribution >= 4 is 6.09 Å². The first-order valence-corrected chi connectivity index (χ1v) is 8.11. The number of carbonyl (C=O) groups excluding carboxylic acids is 1. The maximum atomic E-state index is 12.0. The Morgan fingerprint density at radius 1 is 1.42 bits per heavy atom. The number of hydrogen-bond acceptors (Lipinski definition) is 6. The molecular weight excluding hydrogens is 312 g/mol. The summed E-state index contributed by atoms with van der Waals surface area (Å²) in [7, 11) is 5.10. The van der Waals surface area contributed by atoms with Crippen LogP contribution in [-0.4, -0.2) is 68.1 Å². The number of alkyl carbamates (subject to hydrolysis) is 1. The maximum absolute atomic E-state index is 12.0. The lowest BCUT2D eigenvalue weighted by Crippen LogP contribution is -2.64. The molecule has 2 rings (SSSR count). The van der Waals surface area contributed by atoms with Gasteiger partial charge in [-0.3, -0.25) is 10.2 Å². The number of amides is 1. The van der Waals surface area contributed by atoms with Gasteiger partial charge in [-0.05, 0) is 14.0 Å². The van der Waals surface area contributed by atoms with Crippen LogP contribution in [0.5, 0.6) is 0 Å². The Labute approximate surface area is 143 Å². The number of fused-ring (bicyclic) bond motifs is 2. The first-order chi connectivity index (χ1) is 11.3. The van der Waals surface area contributed by atoms with Crippen LogP contribution in [0.25, 0.3) is 0 Å². The number of ether oxygens (including phenoxy) is 3. The summed E-state index contributed by atoms with van der Waals surface area (Å²) in [5.41, 5.74) is -0.391. The lowest BCUT2D eigenvalue weighted by atomic mass is 9.89. The van der Waals surface area contributed by atoms with Crippen LogP contribution in [0.1, 0.15) is 20.3 Å². The highest BCUT2D eigenvalue weighted by molar-refractivity contribution is 5.69. The molecule has 0 spiro atoms. The molecule has 24 heavy (non-hydrogen) atoms.